The Bertz CT molecular complexity index is 1090. The highest BCUT2D eigenvalue weighted by Gasteiger charge is 2.28. The van der Waals surface area contributed by atoms with Crippen LogP contribution in [0, 0.1) is 19.7 Å². The summed E-state index contributed by atoms with van der Waals surface area (Å²) in [6.45, 7) is 4.50. The van der Waals surface area contributed by atoms with Crippen LogP contribution < -0.4 is 0 Å². The van der Waals surface area contributed by atoms with Gasteiger partial charge in [-0.3, -0.25) is 4.79 Å². The van der Waals surface area contributed by atoms with Crippen molar-refractivity contribution in [3.05, 3.63) is 106 Å². The third-order valence-corrected chi connectivity index (χ3v) is 5.45. The average Bonchev–Trinajstić information content (AvgIpc) is 3.24. The first-order chi connectivity index (χ1) is 15.0. The van der Waals surface area contributed by atoms with Gasteiger partial charge in [-0.25, -0.2) is 4.39 Å². The van der Waals surface area contributed by atoms with Gasteiger partial charge in [0.2, 0.25) is 0 Å². The van der Waals surface area contributed by atoms with Gasteiger partial charge in [0.15, 0.2) is 6.10 Å². The number of amides is 1. The predicted octanol–water partition coefficient (Wildman–Crippen LogP) is 5.28. The van der Waals surface area contributed by atoms with Crippen LogP contribution >= 0.6 is 0 Å². The molecule has 4 nitrogen and oxygen atoms in total. The minimum Gasteiger partial charge on any atom is -0.390 e. The molecule has 0 radical (unpaired) electrons. The maximum atomic E-state index is 14.3. The molecule has 0 aromatic heterocycles. The summed E-state index contributed by atoms with van der Waals surface area (Å²) in [4.78, 5) is 20.6. The number of benzene rings is 3. The first-order valence-electron chi connectivity index (χ1n) is 10.4. The number of aryl methyl sites for hydroxylation is 2. The first-order valence-corrected chi connectivity index (χ1v) is 10.4. The largest absolute Gasteiger partial charge is 0.390 e. The van der Waals surface area contributed by atoms with Crippen LogP contribution in [0.25, 0.3) is 0 Å². The summed E-state index contributed by atoms with van der Waals surface area (Å²) in [5, 5.41) is 4.24. The van der Waals surface area contributed by atoms with Gasteiger partial charge in [-0.2, -0.15) is 0 Å². The van der Waals surface area contributed by atoms with Gasteiger partial charge in [0, 0.05) is 24.1 Å². The van der Waals surface area contributed by atoms with Crippen molar-refractivity contribution in [2.45, 2.75) is 32.9 Å². The van der Waals surface area contributed by atoms with Crippen LogP contribution in [0.3, 0.4) is 0 Å². The number of rotatable bonds is 6. The molecule has 1 atom stereocenters. The molecule has 3 aromatic carbocycles. The van der Waals surface area contributed by atoms with E-state index in [0.29, 0.717) is 24.1 Å². The molecule has 5 heteroatoms. The molecule has 4 rings (SSSR count). The predicted molar refractivity (Wildman–Crippen MR) is 120 cm³/mol. The molecular formula is C26H25FN2O2. The van der Waals surface area contributed by atoms with Crippen molar-refractivity contribution < 1.29 is 14.0 Å². The number of halogens is 1. The number of carbonyl (C=O) groups is 1. The van der Waals surface area contributed by atoms with E-state index in [1.807, 2.05) is 50.2 Å². The normalized spacial score (nSPS) is 15.3. The minimum absolute atomic E-state index is 0.157. The summed E-state index contributed by atoms with van der Waals surface area (Å²) < 4.78 is 14.3. The third-order valence-electron chi connectivity index (χ3n) is 5.45. The molecule has 1 aliphatic heterocycles. The summed E-state index contributed by atoms with van der Waals surface area (Å²) in [5.74, 6) is -0.483. The summed E-state index contributed by atoms with van der Waals surface area (Å²) in [5.41, 5.74) is 5.17. The zero-order valence-electron chi connectivity index (χ0n) is 17.7. The summed E-state index contributed by atoms with van der Waals surface area (Å²) >= 11 is 0. The number of carbonyl (C=O) groups excluding carboxylic acids is 1. The molecule has 158 valence electrons. The molecule has 31 heavy (non-hydrogen) atoms. The minimum atomic E-state index is -0.326. The van der Waals surface area contributed by atoms with Gasteiger partial charge >= 0.3 is 0 Å². The molecule has 1 unspecified atom stereocenters. The van der Waals surface area contributed by atoms with Gasteiger partial charge in [0.1, 0.15) is 5.82 Å². The molecule has 0 N–H and O–H groups in total. The molecule has 1 aliphatic rings. The zero-order chi connectivity index (χ0) is 21.8. The molecule has 0 saturated heterocycles. The van der Waals surface area contributed by atoms with Crippen molar-refractivity contribution in [2.75, 3.05) is 6.54 Å². The van der Waals surface area contributed by atoms with Crippen LogP contribution in [0.1, 0.15) is 39.0 Å². The Balaban J connectivity index is 1.52. The van der Waals surface area contributed by atoms with Crippen molar-refractivity contribution in [1.82, 2.24) is 4.90 Å². The van der Waals surface area contributed by atoms with Crippen molar-refractivity contribution in [3.63, 3.8) is 0 Å². The Morgan fingerprint density at radius 1 is 1.00 bits per heavy atom. The van der Waals surface area contributed by atoms with Gasteiger partial charge in [-0.05, 0) is 37.6 Å². The van der Waals surface area contributed by atoms with Crippen LogP contribution in [0.2, 0.25) is 0 Å². The van der Waals surface area contributed by atoms with Crippen molar-refractivity contribution in [3.8, 4) is 0 Å². The van der Waals surface area contributed by atoms with E-state index in [1.165, 1.54) is 11.6 Å². The van der Waals surface area contributed by atoms with Crippen molar-refractivity contribution >= 4 is 11.6 Å². The van der Waals surface area contributed by atoms with E-state index < -0.39 is 0 Å². The van der Waals surface area contributed by atoms with E-state index >= 15 is 0 Å². The smallest absolute Gasteiger partial charge is 0.254 e. The van der Waals surface area contributed by atoms with Gasteiger partial charge < -0.3 is 9.74 Å². The zero-order valence-corrected chi connectivity index (χ0v) is 17.7. The van der Waals surface area contributed by atoms with E-state index in [1.54, 1.807) is 35.2 Å². The highest BCUT2D eigenvalue weighted by molar-refractivity contribution is 6.01. The highest BCUT2D eigenvalue weighted by atomic mass is 19.1. The number of nitrogens with zero attached hydrogens (tertiary/aromatic N) is 2. The third kappa shape index (κ3) is 5.00. The number of hydrogen-bond acceptors (Lipinski definition) is 3. The van der Waals surface area contributed by atoms with Crippen LogP contribution in [-0.2, 0) is 11.4 Å². The summed E-state index contributed by atoms with van der Waals surface area (Å²) in [6.07, 6.45) is 0.315. The van der Waals surface area contributed by atoms with Gasteiger partial charge in [-0.15, -0.1) is 0 Å². The van der Waals surface area contributed by atoms with Gasteiger partial charge in [0.25, 0.3) is 5.91 Å². The maximum absolute atomic E-state index is 14.3. The van der Waals surface area contributed by atoms with E-state index in [9.17, 15) is 9.18 Å². The van der Waals surface area contributed by atoms with Crippen LogP contribution in [0.4, 0.5) is 4.39 Å². The van der Waals surface area contributed by atoms with Crippen molar-refractivity contribution in [2.24, 2.45) is 5.16 Å². The Morgan fingerprint density at radius 3 is 2.32 bits per heavy atom. The molecule has 0 fully saturated rings. The lowest BCUT2D eigenvalue weighted by molar-refractivity contribution is 0.0403. The van der Waals surface area contributed by atoms with Gasteiger partial charge in [-0.1, -0.05) is 70.9 Å². The molecule has 0 bridgehead atoms. The second kappa shape index (κ2) is 9.13. The fourth-order valence-electron chi connectivity index (χ4n) is 3.62. The second-order valence-electron chi connectivity index (χ2n) is 7.98. The lowest BCUT2D eigenvalue weighted by atomic mass is 10.0. The Morgan fingerprint density at radius 2 is 1.65 bits per heavy atom. The van der Waals surface area contributed by atoms with Crippen LogP contribution in [0.5, 0.6) is 0 Å². The van der Waals surface area contributed by atoms with Crippen LogP contribution in [-0.4, -0.2) is 29.2 Å². The Hall–Kier alpha value is -3.47. The average molecular weight is 416 g/mol. The maximum Gasteiger partial charge on any atom is 0.254 e. The molecular weight excluding hydrogens is 391 g/mol. The van der Waals surface area contributed by atoms with Gasteiger partial charge in [0.05, 0.1) is 12.3 Å². The van der Waals surface area contributed by atoms with Crippen molar-refractivity contribution in [1.29, 1.82) is 0 Å². The SMILES string of the molecule is Cc1ccc(C(=O)N(Cc2ccccc2F)CC2CC(c3ccc(C)cc3)=NO2)cc1. The Kier molecular flexibility index (Phi) is 6.12. The fraction of sp³-hybridized carbons (Fsp3) is 0.231. The molecule has 0 saturated carbocycles. The molecule has 3 aromatic rings. The quantitative estimate of drug-likeness (QED) is 0.549. The lowest BCUT2D eigenvalue weighted by Crippen LogP contribution is -2.37. The standard InChI is InChI=1S/C26H25FN2O2/c1-18-7-11-20(12-8-18)25-15-23(31-28-25)17-29(16-22-5-3-4-6-24(22)27)26(30)21-13-9-19(2)10-14-21/h3-14,23H,15-17H2,1-2H3. The van der Waals surface area contributed by atoms with E-state index in [2.05, 4.69) is 5.16 Å². The second-order valence-corrected chi connectivity index (χ2v) is 7.98. The summed E-state index contributed by atoms with van der Waals surface area (Å²) in [6, 6.07) is 22.1. The number of hydrogen-bond donors (Lipinski definition) is 0. The van der Waals surface area contributed by atoms with E-state index in [0.717, 1.165) is 16.8 Å². The lowest BCUT2D eigenvalue weighted by Gasteiger charge is -2.25. The first kappa shape index (κ1) is 20.8. The van der Waals surface area contributed by atoms with E-state index in [4.69, 9.17) is 4.84 Å². The molecule has 0 aliphatic carbocycles. The fourth-order valence-corrected chi connectivity index (χ4v) is 3.62. The topological polar surface area (TPSA) is 41.9 Å². The van der Waals surface area contributed by atoms with E-state index in [-0.39, 0.29) is 24.4 Å². The van der Waals surface area contributed by atoms with Crippen LogP contribution in [0.15, 0.2) is 78.0 Å². The summed E-state index contributed by atoms with van der Waals surface area (Å²) in [7, 11) is 0. The molecule has 1 heterocycles. The monoisotopic (exact) mass is 416 g/mol. The highest BCUT2D eigenvalue weighted by Crippen LogP contribution is 2.21. The number of oxime groups is 1. The Labute approximate surface area is 182 Å². The molecule has 0 spiro atoms. The molecule has 1 amide bonds.